The van der Waals surface area contributed by atoms with Gasteiger partial charge in [0, 0.05) is 23.6 Å². The smallest absolute Gasteiger partial charge is 0.294 e. The van der Waals surface area contributed by atoms with E-state index in [4.69, 9.17) is 5.84 Å². The summed E-state index contributed by atoms with van der Waals surface area (Å²) in [6.45, 7) is 2.06. The number of benzene rings is 1. The number of hydrogen-bond acceptors (Lipinski definition) is 6. The molecular formula is C16H18N6O2S. The van der Waals surface area contributed by atoms with Crippen LogP contribution >= 0.6 is 11.8 Å². The van der Waals surface area contributed by atoms with Crippen LogP contribution in [-0.4, -0.2) is 38.1 Å². The van der Waals surface area contributed by atoms with Crippen molar-refractivity contribution >= 4 is 28.6 Å². The molecular weight excluding hydrogens is 340 g/mol. The van der Waals surface area contributed by atoms with Gasteiger partial charge in [0.05, 0.1) is 5.75 Å². The summed E-state index contributed by atoms with van der Waals surface area (Å²) < 4.78 is 0.909. The van der Waals surface area contributed by atoms with Gasteiger partial charge in [-0.05, 0) is 25.0 Å². The van der Waals surface area contributed by atoms with E-state index >= 15 is 0 Å². The summed E-state index contributed by atoms with van der Waals surface area (Å²) in [7, 11) is 0. The summed E-state index contributed by atoms with van der Waals surface area (Å²) in [5.74, 6) is 5.59. The van der Waals surface area contributed by atoms with Crippen LogP contribution in [0.2, 0.25) is 0 Å². The molecule has 3 rings (SSSR count). The molecule has 130 valence electrons. The second-order valence-corrected chi connectivity index (χ2v) is 6.43. The number of nitrogens with zero attached hydrogens (tertiary/aromatic N) is 3. The molecule has 1 amide bonds. The third-order valence-electron chi connectivity index (χ3n) is 3.74. The Hall–Kier alpha value is -2.81. The Bertz CT molecular complexity index is 965. The predicted molar refractivity (Wildman–Crippen MR) is 96.9 cm³/mol. The molecule has 0 aliphatic carbocycles. The molecule has 0 saturated heterocycles. The van der Waals surface area contributed by atoms with E-state index in [0.717, 1.165) is 39.3 Å². The molecule has 0 bridgehead atoms. The molecule has 0 radical (unpaired) electrons. The van der Waals surface area contributed by atoms with Crippen LogP contribution in [0.5, 0.6) is 0 Å². The lowest BCUT2D eigenvalue weighted by Gasteiger charge is -2.07. The molecule has 0 saturated carbocycles. The highest BCUT2D eigenvalue weighted by molar-refractivity contribution is 7.99. The molecule has 3 aromatic rings. The van der Waals surface area contributed by atoms with Crippen molar-refractivity contribution in [1.29, 1.82) is 0 Å². The summed E-state index contributed by atoms with van der Waals surface area (Å²) in [4.78, 5) is 26.8. The summed E-state index contributed by atoms with van der Waals surface area (Å²) in [5.41, 5.74) is 2.04. The predicted octanol–water partition coefficient (Wildman–Crippen LogP) is 0.593. The Morgan fingerprint density at radius 1 is 1.36 bits per heavy atom. The van der Waals surface area contributed by atoms with E-state index in [2.05, 4.69) is 26.6 Å². The van der Waals surface area contributed by atoms with Gasteiger partial charge in [-0.1, -0.05) is 30.0 Å². The average Bonchev–Trinajstić information content (AvgIpc) is 3.02. The Morgan fingerprint density at radius 2 is 2.16 bits per heavy atom. The largest absolute Gasteiger partial charge is 0.361 e. The number of aromatic amines is 1. The second-order valence-electron chi connectivity index (χ2n) is 5.49. The monoisotopic (exact) mass is 358 g/mol. The number of fused-ring (bicyclic) bond motifs is 1. The van der Waals surface area contributed by atoms with E-state index in [1.165, 1.54) is 6.92 Å². The van der Waals surface area contributed by atoms with E-state index in [-0.39, 0.29) is 22.5 Å². The van der Waals surface area contributed by atoms with Crippen molar-refractivity contribution in [1.82, 2.24) is 25.2 Å². The number of amides is 1. The van der Waals surface area contributed by atoms with Gasteiger partial charge in [0.15, 0.2) is 0 Å². The normalized spacial score (nSPS) is 10.9. The zero-order chi connectivity index (χ0) is 17.8. The first-order chi connectivity index (χ1) is 12.1. The maximum absolute atomic E-state index is 12.0. The average molecular weight is 358 g/mol. The highest BCUT2D eigenvalue weighted by Crippen LogP contribution is 2.17. The minimum atomic E-state index is -0.419. The van der Waals surface area contributed by atoms with Crippen molar-refractivity contribution in [2.75, 3.05) is 18.1 Å². The number of aryl methyl sites for hydroxylation is 1. The molecule has 0 fully saturated rings. The van der Waals surface area contributed by atoms with Crippen molar-refractivity contribution in [3.05, 3.63) is 52.1 Å². The lowest BCUT2D eigenvalue weighted by Crippen LogP contribution is -2.33. The van der Waals surface area contributed by atoms with Gasteiger partial charge < -0.3 is 16.1 Å². The number of rotatable bonds is 6. The number of hydrogen-bond donors (Lipinski definition) is 3. The molecule has 8 nitrogen and oxygen atoms in total. The Kier molecular flexibility index (Phi) is 5.03. The van der Waals surface area contributed by atoms with Crippen molar-refractivity contribution in [2.45, 2.75) is 18.5 Å². The number of thioether (sulfide) groups is 1. The highest BCUT2D eigenvalue weighted by atomic mass is 32.2. The van der Waals surface area contributed by atoms with Crippen molar-refractivity contribution in [2.24, 2.45) is 0 Å². The van der Waals surface area contributed by atoms with Gasteiger partial charge in [-0.15, -0.1) is 10.2 Å². The highest BCUT2D eigenvalue weighted by Gasteiger charge is 2.10. The van der Waals surface area contributed by atoms with Crippen molar-refractivity contribution < 1.29 is 4.79 Å². The standard InChI is InChI=1S/C16H18N6O2S/c1-10-15(24)22(17)16(21-20-10)25-9-14(23)18-7-6-11-8-19-13-5-3-2-4-12(11)13/h2-5,8,19H,6-7,9,17H2,1H3,(H,18,23). The summed E-state index contributed by atoms with van der Waals surface area (Å²) >= 11 is 1.07. The van der Waals surface area contributed by atoms with E-state index in [0.29, 0.717) is 6.54 Å². The van der Waals surface area contributed by atoms with Crippen LogP contribution in [-0.2, 0) is 11.2 Å². The number of carbonyl (C=O) groups excluding carboxylic acids is 1. The van der Waals surface area contributed by atoms with Crippen LogP contribution in [0, 0.1) is 6.92 Å². The molecule has 0 unspecified atom stereocenters. The van der Waals surface area contributed by atoms with Gasteiger partial charge in [0.25, 0.3) is 5.56 Å². The third kappa shape index (κ3) is 3.82. The molecule has 1 aromatic carbocycles. The number of carbonyl (C=O) groups is 1. The number of H-pyrrole nitrogens is 1. The third-order valence-corrected chi connectivity index (χ3v) is 4.69. The minimum absolute atomic E-state index is 0.113. The molecule has 0 aliphatic heterocycles. The maximum Gasteiger partial charge on any atom is 0.294 e. The Morgan fingerprint density at radius 3 is 3.00 bits per heavy atom. The van der Waals surface area contributed by atoms with E-state index in [9.17, 15) is 9.59 Å². The fourth-order valence-electron chi connectivity index (χ4n) is 2.42. The van der Waals surface area contributed by atoms with Gasteiger partial charge in [0.2, 0.25) is 11.1 Å². The maximum atomic E-state index is 12.0. The van der Waals surface area contributed by atoms with Crippen molar-refractivity contribution in [3.8, 4) is 0 Å². The first-order valence-electron chi connectivity index (χ1n) is 7.72. The fraction of sp³-hybridized carbons (Fsp3) is 0.250. The van der Waals surface area contributed by atoms with E-state index < -0.39 is 5.56 Å². The van der Waals surface area contributed by atoms with Crippen LogP contribution in [0.25, 0.3) is 10.9 Å². The lowest BCUT2D eigenvalue weighted by atomic mass is 10.1. The molecule has 0 aliphatic rings. The van der Waals surface area contributed by atoms with E-state index in [1.807, 2.05) is 24.4 Å². The number of para-hydroxylation sites is 1. The van der Waals surface area contributed by atoms with Crippen LogP contribution in [0.15, 0.2) is 40.4 Å². The van der Waals surface area contributed by atoms with Gasteiger partial charge >= 0.3 is 0 Å². The number of nitrogens with two attached hydrogens (primary N) is 1. The molecule has 4 N–H and O–H groups in total. The SMILES string of the molecule is Cc1nnc(SCC(=O)NCCc2c[nH]c3ccccc23)n(N)c1=O. The Labute approximate surface area is 147 Å². The first kappa shape index (κ1) is 17.0. The zero-order valence-corrected chi connectivity index (χ0v) is 14.5. The quantitative estimate of drug-likeness (QED) is 0.438. The minimum Gasteiger partial charge on any atom is -0.361 e. The summed E-state index contributed by atoms with van der Waals surface area (Å²) in [6, 6.07) is 8.04. The topological polar surface area (TPSA) is 119 Å². The van der Waals surface area contributed by atoms with Gasteiger partial charge in [0.1, 0.15) is 5.69 Å². The van der Waals surface area contributed by atoms with Gasteiger partial charge in [-0.25, -0.2) is 0 Å². The van der Waals surface area contributed by atoms with Crippen LogP contribution in [0.1, 0.15) is 11.3 Å². The van der Waals surface area contributed by atoms with Crippen LogP contribution in [0.4, 0.5) is 0 Å². The molecule has 2 heterocycles. The number of nitrogens with one attached hydrogen (secondary N) is 2. The van der Waals surface area contributed by atoms with Gasteiger partial charge in [-0.3, -0.25) is 9.59 Å². The summed E-state index contributed by atoms with van der Waals surface area (Å²) in [6.07, 6.45) is 2.69. The second kappa shape index (κ2) is 7.39. The van der Waals surface area contributed by atoms with E-state index in [1.54, 1.807) is 0 Å². The Balaban J connectivity index is 1.50. The summed E-state index contributed by atoms with van der Waals surface area (Å²) in [5, 5.41) is 11.8. The molecule has 2 aromatic heterocycles. The zero-order valence-electron chi connectivity index (χ0n) is 13.7. The molecule has 0 spiro atoms. The van der Waals surface area contributed by atoms with Crippen molar-refractivity contribution in [3.63, 3.8) is 0 Å². The molecule has 25 heavy (non-hydrogen) atoms. The fourth-order valence-corrected chi connectivity index (χ4v) is 3.11. The number of nitrogen functional groups attached to an aromatic ring is 1. The van der Waals surface area contributed by atoms with Crippen LogP contribution in [0.3, 0.4) is 0 Å². The van der Waals surface area contributed by atoms with Crippen LogP contribution < -0.4 is 16.7 Å². The lowest BCUT2D eigenvalue weighted by molar-refractivity contribution is -0.118. The van der Waals surface area contributed by atoms with Gasteiger partial charge in [-0.2, -0.15) is 4.68 Å². The first-order valence-corrected chi connectivity index (χ1v) is 8.70. The number of aromatic nitrogens is 4. The molecule has 9 heteroatoms. The molecule has 0 atom stereocenters.